The molecule has 1 N–H and O–H groups in total. The molecule has 0 aliphatic heterocycles. The Kier molecular flexibility index (Phi) is 2.18. The summed E-state index contributed by atoms with van der Waals surface area (Å²) in [6, 6.07) is 4.74. The number of methoxy groups -OCH3 is 1. The molecule has 0 bridgehead atoms. The Bertz CT molecular complexity index is 426. The normalized spacial score (nSPS) is 10.1. The first kappa shape index (κ1) is 8.74. The third-order valence-corrected chi connectivity index (χ3v) is 1.95. The summed E-state index contributed by atoms with van der Waals surface area (Å²) in [5, 5.41) is 0. The van der Waals surface area contributed by atoms with Crippen LogP contribution in [0, 0.1) is 5.82 Å². The van der Waals surface area contributed by atoms with E-state index in [1.165, 1.54) is 13.2 Å². The number of aromatic amines is 1. The van der Waals surface area contributed by atoms with E-state index >= 15 is 0 Å². The second kappa shape index (κ2) is 3.49. The Labute approximate surface area is 80.6 Å². The molecule has 0 saturated carbocycles. The van der Waals surface area contributed by atoms with E-state index in [0.29, 0.717) is 5.69 Å². The Balaban J connectivity index is 2.43. The highest BCUT2D eigenvalue weighted by Gasteiger charge is 2.05. The van der Waals surface area contributed by atoms with Crippen LogP contribution in [-0.4, -0.2) is 17.1 Å². The molecular weight excluding hydrogens is 183 g/mol. The number of ether oxygens (including phenoxy) is 1. The van der Waals surface area contributed by atoms with Gasteiger partial charge in [-0.15, -0.1) is 0 Å². The van der Waals surface area contributed by atoms with E-state index in [2.05, 4.69) is 9.97 Å². The highest BCUT2D eigenvalue weighted by atomic mass is 19.1. The number of hydrogen-bond donors (Lipinski definition) is 1. The molecule has 0 amide bonds. The maximum atomic E-state index is 13.3. The van der Waals surface area contributed by atoms with Gasteiger partial charge in [0.15, 0.2) is 11.6 Å². The van der Waals surface area contributed by atoms with Crippen molar-refractivity contribution in [3.8, 4) is 17.0 Å². The van der Waals surface area contributed by atoms with E-state index in [1.807, 2.05) is 0 Å². The number of H-pyrrole nitrogens is 1. The average Bonchev–Trinajstić information content (AvgIpc) is 2.70. The van der Waals surface area contributed by atoms with Crippen molar-refractivity contribution >= 4 is 0 Å². The van der Waals surface area contributed by atoms with E-state index < -0.39 is 0 Å². The quantitative estimate of drug-likeness (QED) is 0.792. The van der Waals surface area contributed by atoms with Crippen LogP contribution in [0.15, 0.2) is 30.7 Å². The van der Waals surface area contributed by atoms with Crippen LogP contribution in [0.4, 0.5) is 4.39 Å². The molecular formula is C10H9FN2O. The minimum absolute atomic E-state index is 0.240. The largest absolute Gasteiger partial charge is 0.494 e. The topological polar surface area (TPSA) is 37.9 Å². The van der Waals surface area contributed by atoms with Crippen LogP contribution in [0.25, 0.3) is 11.3 Å². The van der Waals surface area contributed by atoms with Crippen molar-refractivity contribution in [2.75, 3.05) is 7.11 Å². The Morgan fingerprint density at radius 2 is 2.29 bits per heavy atom. The fourth-order valence-corrected chi connectivity index (χ4v) is 1.24. The molecule has 0 aliphatic carbocycles. The number of halogens is 1. The van der Waals surface area contributed by atoms with Gasteiger partial charge in [0, 0.05) is 11.8 Å². The fourth-order valence-electron chi connectivity index (χ4n) is 1.24. The molecule has 1 aromatic carbocycles. The maximum absolute atomic E-state index is 13.3. The molecule has 14 heavy (non-hydrogen) atoms. The zero-order valence-corrected chi connectivity index (χ0v) is 7.62. The van der Waals surface area contributed by atoms with Gasteiger partial charge >= 0.3 is 0 Å². The van der Waals surface area contributed by atoms with Gasteiger partial charge in [0.1, 0.15) is 0 Å². The van der Waals surface area contributed by atoms with E-state index in [9.17, 15) is 4.39 Å². The first-order valence-corrected chi connectivity index (χ1v) is 4.14. The van der Waals surface area contributed by atoms with Crippen LogP contribution in [0.2, 0.25) is 0 Å². The van der Waals surface area contributed by atoms with Gasteiger partial charge in [0.2, 0.25) is 0 Å². The van der Waals surface area contributed by atoms with Gasteiger partial charge in [-0.3, -0.25) is 0 Å². The molecule has 3 nitrogen and oxygen atoms in total. The van der Waals surface area contributed by atoms with Crippen LogP contribution >= 0.6 is 0 Å². The number of hydrogen-bond acceptors (Lipinski definition) is 2. The Morgan fingerprint density at radius 3 is 2.86 bits per heavy atom. The first-order chi connectivity index (χ1) is 6.81. The number of nitrogens with zero attached hydrogens (tertiary/aromatic N) is 1. The van der Waals surface area contributed by atoms with E-state index in [4.69, 9.17) is 4.74 Å². The SMILES string of the molecule is COc1ccc(-c2c[nH]cn2)cc1F. The molecule has 0 spiro atoms. The molecule has 0 atom stereocenters. The van der Waals surface area contributed by atoms with Gasteiger partial charge in [-0.2, -0.15) is 0 Å². The van der Waals surface area contributed by atoms with Crippen LogP contribution in [0.1, 0.15) is 0 Å². The van der Waals surface area contributed by atoms with Gasteiger partial charge in [-0.1, -0.05) is 0 Å². The highest BCUT2D eigenvalue weighted by Crippen LogP contribution is 2.23. The minimum Gasteiger partial charge on any atom is -0.494 e. The van der Waals surface area contributed by atoms with Crippen molar-refractivity contribution in [1.29, 1.82) is 0 Å². The molecule has 0 saturated heterocycles. The third-order valence-electron chi connectivity index (χ3n) is 1.95. The third kappa shape index (κ3) is 1.46. The molecule has 2 rings (SSSR count). The lowest BCUT2D eigenvalue weighted by Crippen LogP contribution is -1.88. The maximum Gasteiger partial charge on any atom is 0.165 e. The van der Waals surface area contributed by atoms with Crippen molar-refractivity contribution in [1.82, 2.24) is 9.97 Å². The average molecular weight is 192 g/mol. The van der Waals surface area contributed by atoms with Gasteiger partial charge in [-0.05, 0) is 18.2 Å². The van der Waals surface area contributed by atoms with Gasteiger partial charge in [0.25, 0.3) is 0 Å². The van der Waals surface area contributed by atoms with E-state index in [-0.39, 0.29) is 11.6 Å². The number of imidazole rings is 1. The predicted molar refractivity (Wildman–Crippen MR) is 50.5 cm³/mol. The van der Waals surface area contributed by atoms with Crippen molar-refractivity contribution in [2.45, 2.75) is 0 Å². The van der Waals surface area contributed by atoms with Crippen LogP contribution in [0.5, 0.6) is 5.75 Å². The summed E-state index contributed by atoms with van der Waals surface area (Å²) in [5.41, 5.74) is 1.44. The summed E-state index contributed by atoms with van der Waals surface area (Å²) in [6.07, 6.45) is 3.26. The highest BCUT2D eigenvalue weighted by molar-refractivity contribution is 5.59. The predicted octanol–water partition coefficient (Wildman–Crippen LogP) is 2.22. The molecule has 0 radical (unpaired) electrons. The van der Waals surface area contributed by atoms with Crippen LogP contribution < -0.4 is 4.74 Å². The summed E-state index contributed by atoms with van der Waals surface area (Å²) < 4.78 is 18.1. The first-order valence-electron chi connectivity index (χ1n) is 4.14. The number of benzene rings is 1. The van der Waals surface area contributed by atoms with E-state index in [0.717, 1.165) is 5.56 Å². The summed E-state index contributed by atoms with van der Waals surface area (Å²) >= 11 is 0. The number of aromatic nitrogens is 2. The van der Waals surface area contributed by atoms with Crippen molar-refractivity contribution < 1.29 is 9.13 Å². The molecule has 1 heterocycles. The molecule has 0 fully saturated rings. The summed E-state index contributed by atoms with van der Waals surface area (Å²) in [4.78, 5) is 6.83. The molecule has 4 heteroatoms. The lowest BCUT2D eigenvalue weighted by molar-refractivity contribution is 0.386. The monoisotopic (exact) mass is 192 g/mol. The van der Waals surface area contributed by atoms with Crippen LogP contribution in [-0.2, 0) is 0 Å². The Hall–Kier alpha value is -1.84. The van der Waals surface area contributed by atoms with Gasteiger partial charge in [-0.25, -0.2) is 9.37 Å². The zero-order valence-electron chi connectivity index (χ0n) is 7.62. The Morgan fingerprint density at radius 1 is 1.43 bits per heavy atom. The lowest BCUT2D eigenvalue weighted by Gasteiger charge is -2.02. The smallest absolute Gasteiger partial charge is 0.165 e. The second-order valence-electron chi connectivity index (χ2n) is 2.80. The number of nitrogens with one attached hydrogen (secondary N) is 1. The summed E-state index contributed by atoms with van der Waals surface area (Å²) in [6.45, 7) is 0. The second-order valence-corrected chi connectivity index (χ2v) is 2.80. The molecule has 72 valence electrons. The summed E-state index contributed by atoms with van der Waals surface area (Å²) in [5.74, 6) is -0.141. The molecule has 0 aliphatic rings. The molecule has 1 aromatic heterocycles. The number of rotatable bonds is 2. The van der Waals surface area contributed by atoms with Crippen molar-refractivity contribution in [3.05, 3.63) is 36.5 Å². The van der Waals surface area contributed by atoms with E-state index in [1.54, 1.807) is 24.7 Å². The molecule has 2 aromatic rings. The lowest BCUT2D eigenvalue weighted by atomic mass is 10.1. The molecule has 0 unspecified atom stereocenters. The standard InChI is InChI=1S/C10H9FN2O/c1-14-10-3-2-7(4-8(10)11)9-5-12-6-13-9/h2-6H,1H3,(H,12,13). The van der Waals surface area contributed by atoms with Crippen molar-refractivity contribution in [3.63, 3.8) is 0 Å². The zero-order chi connectivity index (χ0) is 9.97. The fraction of sp³-hybridized carbons (Fsp3) is 0.100. The van der Waals surface area contributed by atoms with Crippen molar-refractivity contribution in [2.24, 2.45) is 0 Å². The van der Waals surface area contributed by atoms with Crippen LogP contribution in [0.3, 0.4) is 0 Å². The summed E-state index contributed by atoms with van der Waals surface area (Å²) in [7, 11) is 1.44. The minimum atomic E-state index is -0.381. The van der Waals surface area contributed by atoms with Gasteiger partial charge in [0.05, 0.1) is 19.1 Å². The van der Waals surface area contributed by atoms with Gasteiger partial charge < -0.3 is 9.72 Å².